The van der Waals surface area contributed by atoms with Crippen LogP contribution in [-0.2, 0) is 9.53 Å². The normalized spacial score (nSPS) is 18.4. The van der Waals surface area contributed by atoms with E-state index in [9.17, 15) is 4.79 Å². The molecule has 1 saturated heterocycles. The van der Waals surface area contributed by atoms with Gasteiger partial charge in [-0.1, -0.05) is 5.16 Å². The second kappa shape index (κ2) is 9.15. The Labute approximate surface area is 181 Å². The Kier molecular flexibility index (Phi) is 6.33. The zero-order valence-corrected chi connectivity index (χ0v) is 18.6. The number of amides is 1. The lowest BCUT2D eigenvalue weighted by molar-refractivity contribution is -0.123. The van der Waals surface area contributed by atoms with Crippen LogP contribution in [0.3, 0.4) is 0 Å². The van der Waals surface area contributed by atoms with Crippen LogP contribution in [0.15, 0.2) is 22.9 Å². The summed E-state index contributed by atoms with van der Waals surface area (Å²) in [6.07, 6.45) is 3.87. The number of aromatic nitrogens is 4. The van der Waals surface area contributed by atoms with Gasteiger partial charge in [-0.15, -0.1) is 0 Å². The summed E-state index contributed by atoms with van der Waals surface area (Å²) >= 11 is 0. The van der Waals surface area contributed by atoms with Gasteiger partial charge in [0, 0.05) is 43.9 Å². The molecular formula is C22H30N6O3. The van der Waals surface area contributed by atoms with Gasteiger partial charge in [0.05, 0.1) is 35.8 Å². The minimum absolute atomic E-state index is 0.00810. The molecule has 9 heteroatoms. The van der Waals surface area contributed by atoms with E-state index < -0.39 is 0 Å². The first kappa shape index (κ1) is 21.5. The van der Waals surface area contributed by atoms with Crippen molar-refractivity contribution < 1.29 is 14.1 Å². The molecule has 1 N–H and O–H groups in total. The molecule has 0 radical (unpaired) electrons. The van der Waals surface area contributed by atoms with Gasteiger partial charge >= 0.3 is 0 Å². The van der Waals surface area contributed by atoms with Crippen molar-refractivity contribution in [2.75, 3.05) is 33.4 Å². The Morgan fingerprint density at radius 1 is 1.35 bits per heavy atom. The molecule has 31 heavy (non-hydrogen) atoms. The molecule has 1 fully saturated rings. The number of fused-ring (bicyclic) bond motifs is 1. The number of hydrogen-bond acceptors (Lipinski definition) is 7. The SMILES string of the molecule is COCC(C)NC(=O)CN1CCCC(c2c(-c3cc(C)no3)cnc3cc(C)nn23)C1. The number of nitrogens with one attached hydrogen (secondary N) is 1. The van der Waals surface area contributed by atoms with Crippen LogP contribution in [0.2, 0.25) is 0 Å². The molecule has 0 spiro atoms. The minimum Gasteiger partial charge on any atom is -0.383 e. The predicted octanol–water partition coefficient (Wildman–Crippen LogP) is 2.33. The second-order valence-electron chi connectivity index (χ2n) is 8.44. The molecular weight excluding hydrogens is 396 g/mol. The zero-order chi connectivity index (χ0) is 22.0. The van der Waals surface area contributed by atoms with Crippen LogP contribution in [0.1, 0.15) is 42.8 Å². The first-order chi connectivity index (χ1) is 14.9. The molecule has 0 bridgehead atoms. The van der Waals surface area contributed by atoms with Gasteiger partial charge in [-0.2, -0.15) is 5.10 Å². The summed E-state index contributed by atoms with van der Waals surface area (Å²) in [7, 11) is 1.64. The lowest BCUT2D eigenvalue weighted by atomic mass is 9.91. The smallest absolute Gasteiger partial charge is 0.234 e. The summed E-state index contributed by atoms with van der Waals surface area (Å²) in [6, 6.07) is 3.89. The van der Waals surface area contributed by atoms with Crippen LogP contribution in [-0.4, -0.2) is 70.0 Å². The highest BCUT2D eigenvalue weighted by atomic mass is 16.5. The summed E-state index contributed by atoms with van der Waals surface area (Å²) in [4.78, 5) is 19.3. The van der Waals surface area contributed by atoms with Crippen LogP contribution in [0.5, 0.6) is 0 Å². The number of nitrogens with zero attached hydrogens (tertiary/aromatic N) is 5. The summed E-state index contributed by atoms with van der Waals surface area (Å²) in [5.74, 6) is 0.910. The highest BCUT2D eigenvalue weighted by molar-refractivity contribution is 5.78. The summed E-state index contributed by atoms with van der Waals surface area (Å²) in [5.41, 5.74) is 4.52. The molecule has 1 amide bonds. The van der Waals surface area contributed by atoms with Crippen LogP contribution >= 0.6 is 0 Å². The third-order valence-electron chi connectivity index (χ3n) is 5.62. The monoisotopic (exact) mass is 426 g/mol. The molecule has 4 heterocycles. The maximum Gasteiger partial charge on any atom is 0.234 e. The first-order valence-electron chi connectivity index (χ1n) is 10.7. The van der Waals surface area contributed by atoms with Crippen molar-refractivity contribution in [3.8, 4) is 11.3 Å². The number of carbonyl (C=O) groups excluding carboxylic acids is 1. The average molecular weight is 427 g/mol. The van der Waals surface area contributed by atoms with E-state index in [4.69, 9.17) is 14.4 Å². The molecule has 9 nitrogen and oxygen atoms in total. The second-order valence-corrected chi connectivity index (χ2v) is 8.44. The Morgan fingerprint density at radius 3 is 2.94 bits per heavy atom. The molecule has 2 atom stereocenters. The van der Waals surface area contributed by atoms with E-state index in [0.29, 0.717) is 18.9 Å². The molecule has 0 aliphatic carbocycles. The van der Waals surface area contributed by atoms with Crippen molar-refractivity contribution in [1.82, 2.24) is 30.0 Å². The number of hydrogen-bond donors (Lipinski definition) is 1. The van der Waals surface area contributed by atoms with Gasteiger partial charge in [0.1, 0.15) is 0 Å². The Morgan fingerprint density at radius 2 is 2.19 bits per heavy atom. The van der Waals surface area contributed by atoms with Crippen LogP contribution in [0.4, 0.5) is 0 Å². The average Bonchev–Trinajstić information content (AvgIpc) is 3.31. The number of rotatable bonds is 7. The van der Waals surface area contributed by atoms with E-state index in [0.717, 1.165) is 54.2 Å². The zero-order valence-electron chi connectivity index (χ0n) is 18.6. The fourth-order valence-corrected chi connectivity index (χ4v) is 4.38. The highest BCUT2D eigenvalue weighted by Crippen LogP contribution is 2.34. The van der Waals surface area contributed by atoms with Gasteiger partial charge in [-0.05, 0) is 40.2 Å². The van der Waals surface area contributed by atoms with Gasteiger partial charge in [0.25, 0.3) is 0 Å². The number of piperidine rings is 1. The fraction of sp³-hybridized carbons (Fsp3) is 0.545. The number of likely N-dealkylation sites (tertiary alicyclic amines) is 1. The van der Waals surface area contributed by atoms with Crippen molar-refractivity contribution in [3.63, 3.8) is 0 Å². The number of carbonyl (C=O) groups is 1. The van der Waals surface area contributed by atoms with E-state index in [2.05, 4.69) is 20.4 Å². The molecule has 2 unspecified atom stereocenters. The Balaban J connectivity index is 1.60. The predicted molar refractivity (Wildman–Crippen MR) is 116 cm³/mol. The van der Waals surface area contributed by atoms with Crippen LogP contribution in [0, 0.1) is 13.8 Å². The number of aryl methyl sites for hydroxylation is 2. The lowest BCUT2D eigenvalue weighted by Crippen LogP contribution is -2.45. The molecule has 166 valence electrons. The van der Waals surface area contributed by atoms with Gasteiger partial charge in [0.15, 0.2) is 11.4 Å². The van der Waals surface area contributed by atoms with E-state index in [1.807, 2.05) is 43.6 Å². The summed E-state index contributed by atoms with van der Waals surface area (Å²) in [6.45, 7) is 8.35. The van der Waals surface area contributed by atoms with Crippen molar-refractivity contribution in [2.24, 2.45) is 0 Å². The summed E-state index contributed by atoms with van der Waals surface area (Å²) < 4.78 is 12.6. The van der Waals surface area contributed by atoms with Crippen molar-refractivity contribution in [2.45, 2.75) is 45.6 Å². The van der Waals surface area contributed by atoms with Gasteiger partial charge in [-0.3, -0.25) is 9.69 Å². The quantitative estimate of drug-likeness (QED) is 0.619. The minimum atomic E-state index is -0.00810. The van der Waals surface area contributed by atoms with Crippen molar-refractivity contribution in [3.05, 3.63) is 35.4 Å². The van der Waals surface area contributed by atoms with Gasteiger partial charge in [0.2, 0.25) is 5.91 Å². The van der Waals surface area contributed by atoms with Gasteiger partial charge < -0.3 is 14.6 Å². The maximum absolute atomic E-state index is 12.5. The Bertz CT molecular complexity index is 1060. The fourth-order valence-electron chi connectivity index (χ4n) is 4.38. The third kappa shape index (κ3) is 4.77. The van der Waals surface area contributed by atoms with Gasteiger partial charge in [-0.25, -0.2) is 9.50 Å². The highest BCUT2D eigenvalue weighted by Gasteiger charge is 2.29. The third-order valence-corrected chi connectivity index (χ3v) is 5.62. The maximum atomic E-state index is 12.5. The molecule has 1 aliphatic heterocycles. The molecule has 0 aromatic carbocycles. The standard InChI is InChI=1S/C22H30N6O3/c1-14-9-20-23-10-18(19-8-15(2)26-31-19)22(28(20)25-14)17-6-5-7-27(11-17)12-21(29)24-16(3)13-30-4/h8-10,16-17H,5-7,11-13H2,1-4H3,(H,24,29). The van der Waals surface area contributed by atoms with Crippen molar-refractivity contribution in [1.29, 1.82) is 0 Å². The van der Waals surface area contributed by atoms with E-state index >= 15 is 0 Å². The number of methoxy groups -OCH3 is 1. The topological polar surface area (TPSA) is 97.8 Å². The molecule has 1 aliphatic rings. The van der Waals surface area contributed by atoms with Crippen molar-refractivity contribution >= 4 is 11.6 Å². The van der Waals surface area contributed by atoms with E-state index in [1.165, 1.54) is 0 Å². The first-order valence-corrected chi connectivity index (χ1v) is 10.7. The summed E-state index contributed by atoms with van der Waals surface area (Å²) in [5, 5.41) is 11.8. The molecule has 3 aromatic rings. The van der Waals surface area contributed by atoms with E-state index in [1.54, 1.807) is 7.11 Å². The largest absolute Gasteiger partial charge is 0.383 e. The Hall–Kier alpha value is -2.78. The molecule has 4 rings (SSSR count). The van der Waals surface area contributed by atoms with Crippen LogP contribution in [0.25, 0.3) is 17.0 Å². The van der Waals surface area contributed by atoms with Crippen LogP contribution < -0.4 is 5.32 Å². The lowest BCUT2D eigenvalue weighted by Gasteiger charge is -2.33. The molecule has 3 aromatic heterocycles. The number of ether oxygens (including phenoxy) is 1. The molecule has 0 saturated carbocycles. The van der Waals surface area contributed by atoms with E-state index in [-0.39, 0.29) is 17.9 Å².